The number of hydrogen-bond acceptors (Lipinski definition) is 2. The van der Waals surface area contributed by atoms with Gasteiger partial charge in [0.2, 0.25) is 0 Å². The van der Waals surface area contributed by atoms with Crippen LogP contribution in [0.5, 0.6) is 0 Å². The van der Waals surface area contributed by atoms with Crippen molar-refractivity contribution < 1.29 is 4.79 Å². The molecule has 0 bridgehead atoms. The Bertz CT molecular complexity index is 714. The van der Waals surface area contributed by atoms with Crippen LogP contribution in [0.3, 0.4) is 0 Å². The van der Waals surface area contributed by atoms with Gasteiger partial charge in [-0.15, -0.1) is 0 Å². The molecule has 0 aromatic heterocycles. The molecule has 0 aliphatic carbocycles. The van der Waals surface area contributed by atoms with Gasteiger partial charge < -0.3 is 0 Å². The summed E-state index contributed by atoms with van der Waals surface area (Å²) in [6.45, 7) is 1.93. The standard InChI is InChI=1S/C17H14ClNOS/c1-17(13-8-3-2-4-9-13)16(20)19-15(21-17)11-12-7-5-6-10-14(12)18/h2-10H,11H2,1H3. The maximum atomic E-state index is 12.3. The lowest BCUT2D eigenvalue weighted by atomic mass is 10.00. The number of halogens is 1. The molecule has 3 rings (SSSR count). The van der Waals surface area contributed by atoms with Gasteiger partial charge in [-0.1, -0.05) is 71.9 Å². The number of carbonyl (C=O) groups is 1. The topological polar surface area (TPSA) is 29.4 Å². The number of benzene rings is 2. The molecule has 1 unspecified atom stereocenters. The molecule has 2 aromatic carbocycles. The fourth-order valence-electron chi connectivity index (χ4n) is 2.34. The molecule has 0 N–H and O–H groups in total. The highest BCUT2D eigenvalue weighted by Gasteiger charge is 2.42. The number of nitrogens with zero attached hydrogens (tertiary/aromatic N) is 1. The normalized spacial score (nSPS) is 21.4. The van der Waals surface area contributed by atoms with E-state index in [9.17, 15) is 4.79 Å². The summed E-state index contributed by atoms with van der Waals surface area (Å²) in [4.78, 5) is 16.6. The Hall–Kier alpha value is -1.58. The molecule has 106 valence electrons. The zero-order valence-electron chi connectivity index (χ0n) is 11.5. The fourth-order valence-corrected chi connectivity index (χ4v) is 3.76. The van der Waals surface area contributed by atoms with E-state index in [1.807, 2.05) is 61.5 Å². The van der Waals surface area contributed by atoms with Gasteiger partial charge in [-0.25, -0.2) is 4.99 Å². The first-order valence-electron chi connectivity index (χ1n) is 6.69. The van der Waals surface area contributed by atoms with E-state index in [2.05, 4.69) is 4.99 Å². The van der Waals surface area contributed by atoms with Crippen molar-refractivity contribution in [3.63, 3.8) is 0 Å². The number of amides is 1. The second kappa shape index (κ2) is 5.66. The third-order valence-corrected chi connectivity index (χ3v) is 5.24. The molecule has 2 aromatic rings. The molecule has 1 aliphatic heterocycles. The van der Waals surface area contributed by atoms with Crippen LogP contribution in [0, 0.1) is 0 Å². The van der Waals surface area contributed by atoms with Gasteiger partial charge in [0, 0.05) is 11.4 Å². The highest BCUT2D eigenvalue weighted by atomic mass is 35.5. The summed E-state index contributed by atoms with van der Waals surface area (Å²) in [5.74, 6) is -0.0965. The maximum Gasteiger partial charge on any atom is 0.267 e. The summed E-state index contributed by atoms with van der Waals surface area (Å²) in [5, 5.41) is 1.53. The first-order chi connectivity index (χ1) is 10.1. The van der Waals surface area contributed by atoms with Crippen molar-refractivity contribution in [3.05, 3.63) is 70.7 Å². The fraction of sp³-hybridized carbons (Fsp3) is 0.176. The van der Waals surface area contributed by atoms with Crippen LogP contribution in [0.25, 0.3) is 0 Å². The molecule has 1 amide bonds. The van der Waals surface area contributed by atoms with Crippen molar-refractivity contribution in [2.75, 3.05) is 0 Å². The molecular formula is C17H14ClNOS. The minimum absolute atomic E-state index is 0.0965. The molecule has 1 aliphatic rings. The smallest absolute Gasteiger partial charge is 0.267 e. The van der Waals surface area contributed by atoms with Crippen LogP contribution < -0.4 is 0 Å². The predicted molar refractivity (Wildman–Crippen MR) is 89.0 cm³/mol. The van der Waals surface area contributed by atoms with Gasteiger partial charge in [0.05, 0.1) is 5.04 Å². The molecular weight excluding hydrogens is 302 g/mol. The van der Waals surface area contributed by atoms with Crippen LogP contribution in [-0.4, -0.2) is 11.0 Å². The largest absolute Gasteiger partial charge is 0.271 e. The highest BCUT2D eigenvalue weighted by Crippen LogP contribution is 2.43. The van der Waals surface area contributed by atoms with Crippen molar-refractivity contribution in [2.24, 2.45) is 4.99 Å². The Morgan fingerprint density at radius 1 is 1.10 bits per heavy atom. The number of thioether (sulfide) groups is 1. The van der Waals surface area contributed by atoms with E-state index in [1.54, 1.807) is 0 Å². The second-order valence-electron chi connectivity index (χ2n) is 5.08. The average Bonchev–Trinajstić information content (AvgIpc) is 2.78. The van der Waals surface area contributed by atoms with Crippen LogP contribution in [0.2, 0.25) is 5.02 Å². The van der Waals surface area contributed by atoms with Gasteiger partial charge in [0.25, 0.3) is 5.91 Å². The van der Waals surface area contributed by atoms with E-state index in [0.717, 1.165) is 16.2 Å². The Labute approximate surface area is 133 Å². The third-order valence-electron chi connectivity index (χ3n) is 3.58. The molecule has 0 saturated carbocycles. The summed E-state index contributed by atoms with van der Waals surface area (Å²) < 4.78 is -0.627. The summed E-state index contributed by atoms with van der Waals surface area (Å²) in [7, 11) is 0. The lowest BCUT2D eigenvalue weighted by Gasteiger charge is -2.20. The molecule has 1 atom stereocenters. The highest BCUT2D eigenvalue weighted by molar-refractivity contribution is 8.15. The maximum absolute atomic E-state index is 12.3. The number of carbonyl (C=O) groups excluding carboxylic acids is 1. The summed E-state index contributed by atoms with van der Waals surface area (Å²) >= 11 is 7.70. The Kier molecular flexibility index (Phi) is 3.87. The zero-order valence-corrected chi connectivity index (χ0v) is 13.1. The van der Waals surface area contributed by atoms with Crippen molar-refractivity contribution in [1.29, 1.82) is 0 Å². The molecule has 21 heavy (non-hydrogen) atoms. The van der Waals surface area contributed by atoms with Crippen LogP contribution in [0.4, 0.5) is 0 Å². The van der Waals surface area contributed by atoms with Crippen LogP contribution in [0.15, 0.2) is 59.6 Å². The molecule has 4 heteroatoms. The van der Waals surface area contributed by atoms with Gasteiger partial charge in [0.15, 0.2) is 0 Å². The van der Waals surface area contributed by atoms with E-state index >= 15 is 0 Å². The van der Waals surface area contributed by atoms with E-state index < -0.39 is 4.75 Å². The van der Waals surface area contributed by atoms with Gasteiger partial charge >= 0.3 is 0 Å². The van der Waals surface area contributed by atoms with E-state index in [-0.39, 0.29) is 5.91 Å². The minimum atomic E-state index is -0.627. The lowest BCUT2D eigenvalue weighted by molar-refractivity contribution is -0.119. The summed E-state index contributed by atoms with van der Waals surface area (Å²) in [5.41, 5.74) is 1.98. The van der Waals surface area contributed by atoms with Crippen LogP contribution >= 0.6 is 23.4 Å². The van der Waals surface area contributed by atoms with E-state index in [0.29, 0.717) is 11.4 Å². The average molecular weight is 316 g/mol. The van der Waals surface area contributed by atoms with Crippen LogP contribution in [0.1, 0.15) is 18.1 Å². The lowest BCUT2D eigenvalue weighted by Crippen LogP contribution is -2.23. The minimum Gasteiger partial charge on any atom is -0.271 e. The molecule has 0 radical (unpaired) electrons. The van der Waals surface area contributed by atoms with Crippen molar-refractivity contribution in [3.8, 4) is 0 Å². The SMILES string of the molecule is CC1(c2ccccc2)SC(Cc2ccccc2Cl)=NC1=O. The van der Waals surface area contributed by atoms with Gasteiger partial charge in [-0.05, 0) is 24.1 Å². The molecule has 0 saturated heterocycles. The molecule has 2 nitrogen and oxygen atoms in total. The number of aliphatic imine (C=N–C) groups is 1. The predicted octanol–water partition coefficient (Wildman–Crippen LogP) is 4.47. The van der Waals surface area contributed by atoms with E-state index in [1.165, 1.54) is 11.8 Å². The van der Waals surface area contributed by atoms with E-state index in [4.69, 9.17) is 11.6 Å². The number of rotatable bonds is 3. The first-order valence-corrected chi connectivity index (χ1v) is 7.89. The monoisotopic (exact) mass is 315 g/mol. The van der Waals surface area contributed by atoms with Gasteiger partial charge in [-0.2, -0.15) is 0 Å². The Morgan fingerprint density at radius 3 is 2.48 bits per heavy atom. The second-order valence-corrected chi connectivity index (χ2v) is 6.98. The van der Waals surface area contributed by atoms with Crippen LogP contribution in [-0.2, 0) is 16.0 Å². The molecule has 0 fully saturated rings. The molecule has 0 spiro atoms. The van der Waals surface area contributed by atoms with Crippen molar-refractivity contribution >= 4 is 34.3 Å². The third kappa shape index (κ3) is 2.76. The first kappa shape index (κ1) is 14.4. The van der Waals surface area contributed by atoms with Gasteiger partial charge in [0.1, 0.15) is 4.75 Å². The zero-order chi connectivity index (χ0) is 14.9. The van der Waals surface area contributed by atoms with Crippen molar-refractivity contribution in [2.45, 2.75) is 18.1 Å². The Morgan fingerprint density at radius 2 is 1.76 bits per heavy atom. The molecule has 1 heterocycles. The quantitative estimate of drug-likeness (QED) is 0.836. The number of hydrogen-bond donors (Lipinski definition) is 0. The van der Waals surface area contributed by atoms with Gasteiger partial charge in [-0.3, -0.25) is 4.79 Å². The summed E-state index contributed by atoms with van der Waals surface area (Å²) in [6.07, 6.45) is 0.596. The summed E-state index contributed by atoms with van der Waals surface area (Å²) in [6, 6.07) is 17.4. The Balaban J connectivity index is 1.84. The van der Waals surface area contributed by atoms with Crippen molar-refractivity contribution in [1.82, 2.24) is 0 Å².